The highest BCUT2D eigenvalue weighted by Crippen LogP contribution is 2.04. The van der Waals surface area contributed by atoms with Gasteiger partial charge < -0.3 is 5.11 Å². The molecule has 0 aromatic heterocycles. The van der Waals surface area contributed by atoms with E-state index in [0.717, 1.165) is 25.7 Å². The van der Waals surface area contributed by atoms with Crippen LogP contribution in [0.5, 0.6) is 0 Å². The summed E-state index contributed by atoms with van der Waals surface area (Å²) in [5.74, 6) is 0.434. The van der Waals surface area contributed by atoms with Gasteiger partial charge in [0.25, 0.3) is 0 Å². The second kappa shape index (κ2) is 8.12. The lowest BCUT2D eigenvalue weighted by atomic mass is 10.1. The normalized spacial score (nSPS) is 11.2. The maximum Gasteiger partial charge on any atom is 0.0920 e. The van der Waals surface area contributed by atoms with Crippen molar-refractivity contribution in [2.24, 2.45) is 0 Å². The Kier molecular flexibility index (Phi) is 7.46. The second-order valence-corrected chi connectivity index (χ2v) is 2.76. The highest BCUT2D eigenvalue weighted by molar-refractivity contribution is 4.96. The molecule has 0 aromatic rings. The molecule has 0 unspecified atom stereocenters. The fourth-order valence-electron chi connectivity index (χ4n) is 0.933. The van der Waals surface area contributed by atoms with Gasteiger partial charge in [-0.25, -0.2) is 0 Å². The van der Waals surface area contributed by atoms with E-state index in [4.69, 9.17) is 0 Å². The minimum Gasteiger partial charge on any atom is -0.512 e. The van der Waals surface area contributed by atoms with Gasteiger partial charge in [0.15, 0.2) is 0 Å². The predicted molar refractivity (Wildman–Crippen MR) is 54.2 cm³/mol. The minimum atomic E-state index is 0.434. The average Bonchev–Trinajstić information content (AvgIpc) is 2.05. The van der Waals surface area contributed by atoms with Crippen molar-refractivity contribution < 1.29 is 5.11 Å². The number of hydrogen-bond acceptors (Lipinski definition) is 1. The van der Waals surface area contributed by atoms with E-state index in [0.29, 0.717) is 12.2 Å². The van der Waals surface area contributed by atoms with E-state index < -0.39 is 0 Å². The van der Waals surface area contributed by atoms with Crippen LogP contribution < -0.4 is 0 Å². The van der Waals surface area contributed by atoms with Crippen LogP contribution >= 0.6 is 0 Å². The van der Waals surface area contributed by atoms with Gasteiger partial charge in [0.05, 0.1) is 5.76 Å². The molecular formula is C11H18O. The summed E-state index contributed by atoms with van der Waals surface area (Å²) in [6, 6.07) is 0. The van der Waals surface area contributed by atoms with Crippen molar-refractivity contribution in [3.8, 4) is 0 Å². The summed E-state index contributed by atoms with van der Waals surface area (Å²) in [6.45, 7) is 7.19. The van der Waals surface area contributed by atoms with Crippen LogP contribution in [0, 0.1) is 0 Å². The Labute approximate surface area is 75.1 Å². The first-order valence-electron chi connectivity index (χ1n) is 4.41. The molecule has 0 aliphatic heterocycles. The molecular weight excluding hydrogens is 148 g/mol. The predicted octanol–water partition coefficient (Wildman–Crippen LogP) is 3.75. The van der Waals surface area contributed by atoms with Crippen molar-refractivity contribution in [1.29, 1.82) is 0 Å². The fourth-order valence-corrected chi connectivity index (χ4v) is 0.933. The smallest absolute Gasteiger partial charge is 0.0920 e. The van der Waals surface area contributed by atoms with Gasteiger partial charge in [-0.05, 0) is 31.8 Å². The SMILES string of the molecule is C=CCCCC/C=C(/O)CC=C. The van der Waals surface area contributed by atoms with Crippen LogP contribution in [0.3, 0.4) is 0 Å². The molecule has 1 heteroatoms. The quantitative estimate of drug-likeness (QED) is 0.347. The maximum atomic E-state index is 9.18. The second-order valence-electron chi connectivity index (χ2n) is 2.76. The summed E-state index contributed by atoms with van der Waals surface area (Å²) in [5, 5.41) is 9.18. The zero-order valence-corrected chi connectivity index (χ0v) is 7.63. The molecule has 0 aliphatic carbocycles. The van der Waals surface area contributed by atoms with Crippen LogP contribution in [-0.4, -0.2) is 5.11 Å². The lowest BCUT2D eigenvalue weighted by Gasteiger charge is -1.95. The van der Waals surface area contributed by atoms with Crippen molar-refractivity contribution in [3.05, 3.63) is 37.1 Å². The van der Waals surface area contributed by atoms with Crippen LogP contribution in [0.15, 0.2) is 37.1 Å². The van der Waals surface area contributed by atoms with Gasteiger partial charge in [-0.1, -0.05) is 12.2 Å². The molecule has 0 saturated carbocycles. The molecule has 0 aromatic carbocycles. The van der Waals surface area contributed by atoms with Gasteiger partial charge in [0, 0.05) is 6.42 Å². The van der Waals surface area contributed by atoms with E-state index in [2.05, 4.69) is 13.2 Å². The fraction of sp³-hybridized carbons (Fsp3) is 0.455. The monoisotopic (exact) mass is 166 g/mol. The Balaban J connectivity index is 3.32. The van der Waals surface area contributed by atoms with Gasteiger partial charge in [-0.3, -0.25) is 0 Å². The number of hydrogen-bond donors (Lipinski definition) is 1. The molecule has 68 valence electrons. The lowest BCUT2D eigenvalue weighted by molar-refractivity contribution is 0.398. The van der Waals surface area contributed by atoms with E-state index in [1.165, 1.54) is 0 Å². The summed E-state index contributed by atoms with van der Waals surface area (Å²) < 4.78 is 0. The molecule has 0 atom stereocenters. The Hall–Kier alpha value is -0.980. The van der Waals surface area contributed by atoms with Crippen molar-refractivity contribution in [2.75, 3.05) is 0 Å². The lowest BCUT2D eigenvalue weighted by Crippen LogP contribution is -1.79. The number of allylic oxidation sites excluding steroid dienone is 3. The van der Waals surface area contributed by atoms with Crippen LogP contribution in [0.25, 0.3) is 0 Å². The Bertz CT molecular complexity index is 156. The Morgan fingerprint density at radius 2 is 1.75 bits per heavy atom. The Morgan fingerprint density at radius 1 is 1.08 bits per heavy atom. The van der Waals surface area contributed by atoms with Crippen LogP contribution in [-0.2, 0) is 0 Å². The third-order valence-electron chi connectivity index (χ3n) is 1.60. The van der Waals surface area contributed by atoms with Crippen LogP contribution in [0.4, 0.5) is 0 Å². The highest BCUT2D eigenvalue weighted by atomic mass is 16.3. The van der Waals surface area contributed by atoms with Gasteiger partial charge in [-0.2, -0.15) is 0 Å². The third kappa shape index (κ3) is 7.13. The minimum absolute atomic E-state index is 0.434. The first-order chi connectivity index (χ1) is 5.81. The van der Waals surface area contributed by atoms with Crippen molar-refractivity contribution >= 4 is 0 Å². The molecule has 0 fully saturated rings. The molecule has 0 saturated heterocycles. The first-order valence-corrected chi connectivity index (χ1v) is 4.41. The molecule has 0 spiro atoms. The molecule has 0 aliphatic rings. The van der Waals surface area contributed by atoms with Crippen molar-refractivity contribution in [3.63, 3.8) is 0 Å². The van der Waals surface area contributed by atoms with E-state index in [-0.39, 0.29) is 0 Å². The summed E-state index contributed by atoms with van der Waals surface area (Å²) in [6.07, 6.45) is 10.4. The van der Waals surface area contributed by atoms with Crippen molar-refractivity contribution in [1.82, 2.24) is 0 Å². The van der Waals surface area contributed by atoms with E-state index >= 15 is 0 Å². The van der Waals surface area contributed by atoms with Gasteiger partial charge >= 0.3 is 0 Å². The summed E-state index contributed by atoms with van der Waals surface area (Å²) in [5.41, 5.74) is 0. The summed E-state index contributed by atoms with van der Waals surface area (Å²) in [7, 11) is 0. The zero-order valence-electron chi connectivity index (χ0n) is 7.63. The molecule has 0 bridgehead atoms. The molecule has 0 amide bonds. The number of aliphatic hydroxyl groups is 1. The molecule has 0 heterocycles. The van der Waals surface area contributed by atoms with Gasteiger partial charge in [0.2, 0.25) is 0 Å². The molecule has 1 nitrogen and oxygen atoms in total. The zero-order chi connectivity index (χ0) is 9.23. The van der Waals surface area contributed by atoms with Crippen LogP contribution in [0.1, 0.15) is 32.1 Å². The Morgan fingerprint density at radius 3 is 2.33 bits per heavy atom. The number of rotatable bonds is 7. The molecule has 0 rings (SSSR count). The maximum absolute atomic E-state index is 9.18. The number of aliphatic hydroxyl groups excluding tert-OH is 1. The summed E-state index contributed by atoms with van der Waals surface area (Å²) in [4.78, 5) is 0. The van der Waals surface area contributed by atoms with E-state index in [1.54, 1.807) is 6.08 Å². The third-order valence-corrected chi connectivity index (χ3v) is 1.60. The van der Waals surface area contributed by atoms with Crippen molar-refractivity contribution in [2.45, 2.75) is 32.1 Å². The van der Waals surface area contributed by atoms with E-state index in [9.17, 15) is 5.11 Å². The standard InChI is InChI=1S/C11H18O/c1-3-5-6-7-8-10-11(12)9-4-2/h3-4,10,12H,1-2,5-9H2/b11-10+. The average molecular weight is 166 g/mol. The van der Waals surface area contributed by atoms with E-state index in [1.807, 2.05) is 12.2 Å². The van der Waals surface area contributed by atoms with Crippen LogP contribution in [0.2, 0.25) is 0 Å². The molecule has 12 heavy (non-hydrogen) atoms. The molecule has 0 radical (unpaired) electrons. The van der Waals surface area contributed by atoms with Gasteiger partial charge in [-0.15, -0.1) is 13.2 Å². The topological polar surface area (TPSA) is 20.2 Å². The number of unbranched alkanes of at least 4 members (excludes halogenated alkanes) is 3. The first kappa shape index (κ1) is 11.0. The highest BCUT2D eigenvalue weighted by Gasteiger charge is 1.88. The largest absolute Gasteiger partial charge is 0.512 e. The summed E-state index contributed by atoms with van der Waals surface area (Å²) >= 11 is 0. The van der Waals surface area contributed by atoms with Gasteiger partial charge in [0.1, 0.15) is 0 Å². The molecule has 1 N–H and O–H groups in total.